The first-order chi connectivity index (χ1) is 10.2. The summed E-state index contributed by atoms with van der Waals surface area (Å²) in [6.07, 6.45) is 0.493. The molecule has 0 aliphatic carbocycles. The van der Waals surface area contributed by atoms with Crippen molar-refractivity contribution in [1.82, 2.24) is 4.90 Å². The molecule has 0 spiro atoms. The van der Waals surface area contributed by atoms with Crippen molar-refractivity contribution in [3.8, 4) is 0 Å². The van der Waals surface area contributed by atoms with Gasteiger partial charge in [0, 0.05) is 26.1 Å². The second-order valence-electron chi connectivity index (χ2n) is 5.15. The summed E-state index contributed by atoms with van der Waals surface area (Å²) in [5.74, 6) is 0.184. The molecular weight excluding hydrogens is 282 g/mol. The van der Waals surface area contributed by atoms with E-state index in [0.29, 0.717) is 19.5 Å². The van der Waals surface area contributed by atoms with Gasteiger partial charge in [-0.3, -0.25) is 9.69 Å². The lowest BCUT2D eigenvalue weighted by Crippen LogP contribution is -2.28. The van der Waals surface area contributed by atoms with Crippen LogP contribution in [-0.4, -0.2) is 35.5 Å². The highest BCUT2D eigenvalue weighted by molar-refractivity contribution is 7.12. The molecule has 1 N–H and O–H groups in total. The number of aryl methyl sites for hydroxylation is 1. The van der Waals surface area contributed by atoms with Crippen LogP contribution in [0.4, 0.5) is 0 Å². The van der Waals surface area contributed by atoms with E-state index < -0.39 is 0 Å². The molecule has 0 bridgehead atoms. The Morgan fingerprint density at radius 2 is 2.00 bits per heavy atom. The summed E-state index contributed by atoms with van der Waals surface area (Å²) >= 11 is 1.51. The number of thiophene rings is 1. The topological polar surface area (TPSA) is 40.5 Å². The first-order valence-corrected chi connectivity index (χ1v) is 8.02. The number of benzene rings is 1. The summed E-state index contributed by atoms with van der Waals surface area (Å²) in [4.78, 5) is 15.1. The van der Waals surface area contributed by atoms with Gasteiger partial charge in [-0.05, 0) is 29.5 Å². The third kappa shape index (κ3) is 5.08. The largest absolute Gasteiger partial charge is 0.395 e. The van der Waals surface area contributed by atoms with Gasteiger partial charge in [0.25, 0.3) is 0 Å². The first kappa shape index (κ1) is 15.9. The number of Topliss-reactive ketones (excluding diaryl/α,β-unsaturated/α-hetero) is 1. The van der Waals surface area contributed by atoms with Crippen LogP contribution in [0.3, 0.4) is 0 Å². The quantitative estimate of drug-likeness (QED) is 0.762. The Labute approximate surface area is 129 Å². The van der Waals surface area contributed by atoms with Gasteiger partial charge in [-0.1, -0.05) is 30.3 Å². The van der Waals surface area contributed by atoms with E-state index in [1.165, 1.54) is 16.9 Å². The molecule has 0 aliphatic rings. The maximum Gasteiger partial charge on any atom is 0.174 e. The Morgan fingerprint density at radius 3 is 2.62 bits per heavy atom. The maximum atomic E-state index is 12.1. The molecule has 0 atom stereocenters. The molecular formula is C17H21NO2S. The van der Waals surface area contributed by atoms with Crippen molar-refractivity contribution >= 4 is 17.1 Å². The number of hydrogen-bond acceptors (Lipinski definition) is 4. The van der Waals surface area contributed by atoms with Crippen LogP contribution in [0.25, 0.3) is 0 Å². The minimum absolute atomic E-state index is 0.110. The number of carbonyl (C=O) groups excluding carboxylic acids is 1. The zero-order valence-electron chi connectivity index (χ0n) is 12.3. The highest BCUT2D eigenvalue weighted by atomic mass is 32.1. The Morgan fingerprint density at radius 1 is 1.24 bits per heavy atom. The number of hydrogen-bond donors (Lipinski definition) is 1. The Kier molecular flexibility index (Phi) is 6.11. The lowest BCUT2D eigenvalue weighted by Gasteiger charge is -2.20. The van der Waals surface area contributed by atoms with E-state index in [4.69, 9.17) is 0 Å². The molecule has 0 saturated heterocycles. The molecule has 0 radical (unpaired) electrons. The molecule has 3 nitrogen and oxygen atoms in total. The second kappa shape index (κ2) is 8.08. The van der Waals surface area contributed by atoms with Crippen molar-refractivity contribution in [2.24, 2.45) is 0 Å². The van der Waals surface area contributed by atoms with Crippen molar-refractivity contribution < 1.29 is 9.90 Å². The molecule has 1 heterocycles. The van der Waals surface area contributed by atoms with Crippen molar-refractivity contribution in [2.45, 2.75) is 19.9 Å². The lowest BCUT2D eigenvalue weighted by molar-refractivity contribution is 0.0958. The van der Waals surface area contributed by atoms with Gasteiger partial charge < -0.3 is 5.11 Å². The van der Waals surface area contributed by atoms with Crippen molar-refractivity contribution in [1.29, 1.82) is 0 Å². The molecule has 0 amide bonds. The fourth-order valence-corrected chi connectivity index (χ4v) is 3.08. The molecule has 0 saturated carbocycles. The summed E-state index contributed by atoms with van der Waals surface area (Å²) in [5, 5.41) is 11.2. The standard InChI is InChI=1S/C17H21NO2S/c1-14-11-17(21-13-14)16(20)7-8-18(9-10-19)12-15-5-3-2-4-6-15/h2-6,11,13,19H,7-10,12H2,1H3. The third-order valence-electron chi connectivity index (χ3n) is 3.33. The number of ketones is 1. The van der Waals surface area contributed by atoms with E-state index in [1.54, 1.807) is 0 Å². The lowest BCUT2D eigenvalue weighted by atomic mass is 10.2. The van der Waals surface area contributed by atoms with E-state index in [2.05, 4.69) is 17.0 Å². The van der Waals surface area contributed by atoms with Crippen LogP contribution in [0.2, 0.25) is 0 Å². The third-order valence-corrected chi connectivity index (χ3v) is 4.41. The van der Waals surface area contributed by atoms with E-state index >= 15 is 0 Å². The molecule has 0 fully saturated rings. The van der Waals surface area contributed by atoms with Crippen LogP contribution < -0.4 is 0 Å². The minimum Gasteiger partial charge on any atom is -0.395 e. The minimum atomic E-state index is 0.110. The van der Waals surface area contributed by atoms with E-state index in [-0.39, 0.29) is 12.4 Å². The zero-order valence-corrected chi connectivity index (χ0v) is 13.1. The van der Waals surface area contributed by atoms with E-state index in [9.17, 15) is 9.90 Å². The summed E-state index contributed by atoms with van der Waals surface area (Å²) in [6.45, 7) is 4.13. The predicted molar refractivity (Wildman–Crippen MR) is 86.8 cm³/mol. The van der Waals surface area contributed by atoms with Crippen LogP contribution in [0.15, 0.2) is 41.8 Å². The monoisotopic (exact) mass is 303 g/mol. The average Bonchev–Trinajstić information content (AvgIpc) is 2.92. The fraction of sp³-hybridized carbons (Fsp3) is 0.353. The summed E-state index contributed by atoms with van der Waals surface area (Å²) in [7, 11) is 0. The Hall–Kier alpha value is -1.49. The molecule has 112 valence electrons. The maximum absolute atomic E-state index is 12.1. The smallest absolute Gasteiger partial charge is 0.174 e. The van der Waals surface area contributed by atoms with Crippen molar-refractivity contribution in [3.63, 3.8) is 0 Å². The molecule has 0 aliphatic heterocycles. The van der Waals surface area contributed by atoms with Crippen LogP contribution in [-0.2, 0) is 6.54 Å². The van der Waals surface area contributed by atoms with E-state index in [0.717, 1.165) is 17.0 Å². The molecule has 0 unspecified atom stereocenters. The van der Waals surface area contributed by atoms with Gasteiger partial charge >= 0.3 is 0 Å². The van der Waals surface area contributed by atoms with Gasteiger partial charge in [0.1, 0.15) is 0 Å². The Bertz CT molecular complexity index is 565. The van der Waals surface area contributed by atoms with Crippen LogP contribution in [0.5, 0.6) is 0 Å². The van der Waals surface area contributed by atoms with Crippen LogP contribution in [0, 0.1) is 6.92 Å². The highest BCUT2D eigenvalue weighted by Crippen LogP contribution is 2.16. The molecule has 4 heteroatoms. The van der Waals surface area contributed by atoms with Crippen molar-refractivity contribution in [2.75, 3.05) is 19.7 Å². The first-order valence-electron chi connectivity index (χ1n) is 7.14. The highest BCUT2D eigenvalue weighted by Gasteiger charge is 2.11. The number of aliphatic hydroxyl groups is 1. The molecule has 1 aromatic carbocycles. The van der Waals surface area contributed by atoms with Crippen LogP contribution in [0.1, 0.15) is 27.2 Å². The van der Waals surface area contributed by atoms with Crippen molar-refractivity contribution in [3.05, 3.63) is 57.8 Å². The zero-order chi connectivity index (χ0) is 15.1. The predicted octanol–water partition coefficient (Wildman–Crippen LogP) is 3.12. The van der Waals surface area contributed by atoms with Gasteiger partial charge in [-0.15, -0.1) is 11.3 Å². The summed E-state index contributed by atoms with van der Waals surface area (Å²) in [6, 6.07) is 12.1. The molecule has 2 rings (SSSR count). The average molecular weight is 303 g/mol. The number of carbonyl (C=O) groups is 1. The summed E-state index contributed by atoms with van der Waals surface area (Å²) in [5.41, 5.74) is 2.34. The number of nitrogens with zero attached hydrogens (tertiary/aromatic N) is 1. The van der Waals surface area contributed by atoms with Gasteiger partial charge in [-0.25, -0.2) is 0 Å². The molecule has 1 aromatic heterocycles. The van der Waals surface area contributed by atoms with E-state index in [1.807, 2.05) is 36.6 Å². The Balaban J connectivity index is 1.89. The normalized spacial score (nSPS) is 11.0. The van der Waals surface area contributed by atoms with Gasteiger partial charge in [0.2, 0.25) is 0 Å². The van der Waals surface area contributed by atoms with Gasteiger partial charge in [-0.2, -0.15) is 0 Å². The second-order valence-corrected chi connectivity index (χ2v) is 6.06. The van der Waals surface area contributed by atoms with Crippen LogP contribution >= 0.6 is 11.3 Å². The molecule has 2 aromatic rings. The fourth-order valence-electron chi connectivity index (χ4n) is 2.21. The number of aliphatic hydroxyl groups excluding tert-OH is 1. The van der Waals surface area contributed by atoms with Gasteiger partial charge in [0.05, 0.1) is 11.5 Å². The van der Waals surface area contributed by atoms with Gasteiger partial charge in [0.15, 0.2) is 5.78 Å². The number of rotatable bonds is 8. The molecule has 21 heavy (non-hydrogen) atoms. The summed E-state index contributed by atoms with van der Waals surface area (Å²) < 4.78 is 0. The SMILES string of the molecule is Cc1csc(C(=O)CCN(CCO)Cc2ccccc2)c1.